The fourth-order valence-corrected chi connectivity index (χ4v) is 3.03. The van der Waals surface area contributed by atoms with E-state index in [4.69, 9.17) is 16.1 Å². The van der Waals surface area contributed by atoms with Gasteiger partial charge >= 0.3 is 0 Å². The predicted octanol–water partition coefficient (Wildman–Crippen LogP) is 3.83. The van der Waals surface area contributed by atoms with E-state index in [2.05, 4.69) is 10.5 Å². The molecule has 1 atom stereocenters. The van der Waals surface area contributed by atoms with Gasteiger partial charge in [-0.25, -0.2) is 0 Å². The molecule has 7 heteroatoms. The smallest absolute Gasteiger partial charge is 0.276 e. The third-order valence-electron chi connectivity index (χ3n) is 4.21. The first kappa shape index (κ1) is 19.8. The first-order valence-corrected chi connectivity index (χ1v) is 8.48. The second-order valence-electron chi connectivity index (χ2n) is 7.10. The highest BCUT2D eigenvalue weighted by Gasteiger charge is 2.31. The molecule has 1 N–H and O–H groups in total. The zero-order chi connectivity index (χ0) is 17.3. The van der Waals surface area contributed by atoms with Crippen molar-refractivity contribution in [2.24, 2.45) is 0 Å². The monoisotopic (exact) mass is 383 g/mol. The normalized spacial score (nSPS) is 17.9. The van der Waals surface area contributed by atoms with E-state index in [9.17, 15) is 4.79 Å². The van der Waals surface area contributed by atoms with E-state index in [0.717, 1.165) is 12.1 Å². The maximum Gasteiger partial charge on any atom is 0.276 e. The van der Waals surface area contributed by atoms with Crippen LogP contribution >= 0.6 is 24.0 Å². The maximum atomic E-state index is 13.0. The van der Waals surface area contributed by atoms with E-state index < -0.39 is 0 Å². The predicted molar refractivity (Wildman–Crippen MR) is 101 cm³/mol. The van der Waals surface area contributed by atoms with Gasteiger partial charge in [0, 0.05) is 36.1 Å². The Hall–Kier alpha value is -1.56. The third kappa shape index (κ3) is 4.35. The molecule has 2 aromatic rings. The summed E-state index contributed by atoms with van der Waals surface area (Å²) in [7, 11) is 0. The SMILES string of the molecule is CC(C)(C)c1cc(C(=O)N2CCNCC2c2cccc(Cl)c2)no1.Cl. The van der Waals surface area contributed by atoms with Gasteiger partial charge in [0.25, 0.3) is 5.91 Å². The molecule has 1 aromatic heterocycles. The second kappa shape index (κ2) is 7.77. The highest BCUT2D eigenvalue weighted by molar-refractivity contribution is 6.30. The molecule has 0 saturated carbocycles. The summed E-state index contributed by atoms with van der Waals surface area (Å²) in [6.45, 7) is 8.15. The summed E-state index contributed by atoms with van der Waals surface area (Å²) in [5, 5.41) is 8.00. The minimum atomic E-state index is -0.179. The molecule has 1 fully saturated rings. The van der Waals surface area contributed by atoms with Gasteiger partial charge in [-0.15, -0.1) is 12.4 Å². The Kier molecular flexibility index (Phi) is 6.14. The van der Waals surface area contributed by atoms with Gasteiger partial charge in [-0.2, -0.15) is 0 Å². The molecule has 5 nitrogen and oxygen atoms in total. The molecule has 0 spiro atoms. The first-order valence-electron chi connectivity index (χ1n) is 8.10. The number of amides is 1. The number of hydrogen-bond acceptors (Lipinski definition) is 4. The summed E-state index contributed by atoms with van der Waals surface area (Å²) >= 11 is 6.11. The Morgan fingerprint density at radius 2 is 2.12 bits per heavy atom. The summed E-state index contributed by atoms with van der Waals surface area (Å²) in [5.74, 6) is 0.598. The summed E-state index contributed by atoms with van der Waals surface area (Å²) in [6.07, 6.45) is 0. The molecule has 0 aliphatic carbocycles. The number of nitrogens with one attached hydrogen (secondary N) is 1. The standard InChI is InChI=1S/C18H22ClN3O2.ClH/c1-18(2,3)16-10-14(21-24-16)17(23)22-8-7-20-11-15(22)12-5-4-6-13(19)9-12;/h4-6,9-10,15,20H,7-8,11H2,1-3H3;1H. The van der Waals surface area contributed by atoms with Crippen LogP contribution in [0.25, 0.3) is 0 Å². The number of halogens is 2. The van der Waals surface area contributed by atoms with Crippen LogP contribution in [0, 0.1) is 0 Å². The van der Waals surface area contributed by atoms with Crippen molar-refractivity contribution in [1.29, 1.82) is 0 Å². The molecule has 1 amide bonds. The van der Waals surface area contributed by atoms with Crippen molar-refractivity contribution in [2.45, 2.75) is 32.2 Å². The Balaban J connectivity index is 0.00000225. The average molecular weight is 384 g/mol. The fourth-order valence-electron chi connectivity index (χ4n) is 2.84. The quantitative estimate of drug-likeness (QED) is 0.855. The number of benzene rings is 1. The zero-order valence-corrected chi connectivity index (χ0v) is 16.2. The number of nitrogens with zero attached hydrogens (tertiary/aromatic N) is 2. The lowest BCUT2D eigenvalue weighted by Crippen LogP contribution is -2.48. The molecular formula is C18H23Cl2N3O2. The fraction of sp³-hybridized carbons (Fsp3) is 0.444. The van der Waals surface area contributed by atoms with Crippen molar-refractivity contribution in [3.05, 3.63) is 52.4 Å². The van der Waals surface area contributed by atoms with Crippen molar-refractivity contribution >= 4 is 29.9 Å². The van der Waals surface area contributed by atoms with Gasteiger partial charge in [-0.3, -0.25) is 4.79 Å². The second-order valence-corrected chi connectivity index (χ2v) is 7.54. The van der Waals surface area contributed by atoms with E-state index in [1.807, 2.05) is 49.9 Å². The minimum absolute atomic E-state index is 0. The molecule has 136 valence electrons. The lowest BCUT2D eigenvalue weighted by Gasteiger charge is -2.36. The van der Waals surface area contributed by atoms with Gasteiger partial charge in [-0.1, -0.05) is 49.7 Å². The number of carbonyl (C=O) groups is 1. The summed E-state index contributed by atoms with van der Waals surface area (Å²) < 4.78 is 5.37. The Bertz CT molecular complexity index is 740. The Labute approximate surface area is 159 Å². The molecule has 0 bridgehead atoms. The van der Waals surface area contributed by atoms with Crippen LogP contribution in [-0.2, 0) is 5.41 Å². The van der Waals surface area contributed by atoms with E-state index in [1.165, 1.54) is 0 Å². The number of carbonyl (C=O) groups excluding carboxylic acids is 1. The number of rotatable bonds is 2. The lowest BCUT2D eigenvalue weighted by atomic mass is 9.93. The molecule has 0 radical (unpaired) electrons. The number of hydrogen-bond donors (Lipinski definition) is 1. The van der Waals surface area contributed by atoms with Gasteiger partial charge in [0.15, 0.2) is 5.69 Å². The van der Waals surface area contributed by atoms with Crippen LogP contribution in [0.2, 0.25) is 5.02 Å². The summed E-state index contributed by atoms with van der Waals surface area (Å²) in [5.41, 5.74) is 1.19. The number of piperazine rings is 1. The van der Waals surface area contributed by atoms with Gasteiger partial charge in [0.1, 0.15) is 5.76 Å². The van der Waals surface area contributed by atoms with Crippen LogP contribution in [0.1, 0.15) is 48.6 Å². The van der Waals surface area contributed by atoms with E-state index >= 15 is 0 Å². The zero-order valence-electron chi connectivity index (χ0n) is 14.6. The summed E-state index contributed by atoms with van der Waals surface area (Å²) in [4.78, 5) is 14.8. The van der Waals surface area contributed by atoms with Gasteiger partial charge in [0.05, 0.1) is 6.04 Å². The molecule has 3 rings (SSSR count). The highest BCUT2D eigenvalue weighted by Crippen LogP contribution is 2.28. The van der Waals surface area contributed by atoms with E-state index in [0.29, 0.717) is 29.6 Å². The van der Waals surface area contributed by atoms with Crippen molar-refractivity contribution < 1.29 is 9.32 Å². The highest BCUT2D eigenvalue weighted by atomic mass is 35.5. The molecule has 1 unspecified atom stereocenters. The van der Waals surface area contributed by atoms with Crippen LogP contribution in [0.5, 0.6) is 0 Å². The van der Waals surface area contributed by atoms with E-state index in [1.54, 1.807) is 6.07 Å². The van der Waals surface area contributed by atoms with Gasteiger partial charge < -0.3 is 14.7 Å². The Morgan fingerprint density at radius 3 is 2.76 bits per heavy atom. The van der Waals surface area contributed by atoms with Gasteiger partial charge in [0.2, 0.25) is 0 Å². The largest absolute Gasteiger partial charge is 0.360 e. The first-order chi connectivity index (χ1) is 11.4. The summed E-state index contributed by atoms with van der Waals surface area (Å²) in [6, 6.07) is 9.32. The molecular weight excluding hydrogens is 361 g/mol. The van der Waals surface area contributed by atoms with Crippen molar-refractivity contribution in [2.75, 3.05) is 19.6 Å². The molecule has 1 aliphatic rings. The number of aromatic nitrogens is 1. The third-order valence-corrected chi connectivity index (χ3v) is 4.44. The van der Waals surface area contributed by atoms with Gasteiger partial charge in [-0.05, 0) is 17.7 Å². The molecule has 1 aromatic carbocycles. The average Bonchev–Trinajstić information content (AvgIpc) is 3.04. The van der Waals surface area contributed by atoms with Crippen LogP contribution in [0.4, 0.5) is 0 Å². The lowest BCUT2D eigenvalue weighted by molar-refractivity contribution is 0.0623. The van der Waals surface area contributed by atoms with Crippen LogP contribution in [0.15, 0.2) is 34.9 Å². The minimum Gasteiger partial charge on any atom is -0.360 e. The molecule has 1 saturated heterocycles. The maximum absolute atomic E-state index is 13.0. The van der Waals surface area contributed by atoms with Crippen molar-refractivity contribution in [1.82, 2.24) is 15.4 Å². The molecule has 2 heterocycles. The van der Waals surface area contributed by atoms with Crippen molar-refractivity contribution in [3.8, 4) is 0 Å². The van der Waals surface area contributed by atoms with Crippen molar-refractivity contribution in [3.63, 3.8) is 0 Å². The van der Waals surface area contributed by atoms with Crippen LogP contribution in [-0.4, -0.2) is 35.6 Å². The Morgan fingerprint density at radius 1 is 1.36 bits per heavy atom. The van der Waals surface area contributed by atoms with Crippen LogP contribution in [0.3, 0.4) is 0 Å². The topological polar surface area (TPSA) is 58.4 Å². The van der Waals surface area contributed by atoms with Crippen LogP contribution < -0.4 is 5.32 Å². The molecule has 25 heavy (non-hydrogen) atoms. The van der Waals surface area contributed by atoms with E-state index in [-0.39, 0.29) is 29.8 Å². The molecule has 1 aliphatic heterocycles.